The second kappa shape index (κ2) is 5.92. The third-order valence-corrected chi connectivity index (χ3v) is 2.56. The molecule has 0 saturated carbocycles. The Hall–Kier alpha value is -1.76. The van der Waals surface area contributed by atoms with Crippen molar-refractivity contribution in [3.05, 3.63) is 29.3 Å². The third-order valence-electron chi connectivity index (χ3n) is 2.56. The van der Waals surface area contributed by atoms with Crippen molar-refractivity contribution in [1.29, 1.82) is 0 Å². The lowest BCUT2D eigenvalue weighted by molar-refractivity contribution is -0.137. The van der Waals surface area contributed by atoms with Crippen LogP contribution in [-0.4, -0.2) is 30.8 Å². The maximum atomic E-state index is 12.5. The zero-order valence-electron chi connectivity index (χ0n) is 10.4. The standard InChI is InChI=1S/C12H14F3NO3/c1-7(19-2)6-16-10-4-3-8(12(13,14)15)5-9(10)11(17)18/h3-5,7,16H,6H2,1-2H3,(H,17,18). The van der Waals surface area contributed by atoms with Crippen LogP contribution in [0.2, 0.25) is 0 Å². The van der Waals surface area contributed by atoms with E-state index in [1.165, 1.54) is 7.11 Å². The Kier molecular flexibility index (Phi) is 4.77. The summed E-state index contributed by atoms with van der Waals surface area (Å²) in [5, 5.41) is 11.7. The molecule has 0 heterocycles. The molecule has 1 rings (SSSR count). The van der Waals surface area contributed by atoms with Crippen LogP contribution in [0.4, 0.5) is 18.9 Å². The van der Waals surface area contributed by atoms with Crippen LogP contribution in [0.5, 0.6) is 0 Å². The van der Waals surface area contributed by atoms with E-state index in [0.717, 1.165) is 12.1 Å². The van der Waals surface area contributed by atoms with E-state index in [0.29, 0.717) is 12.6 Å². The molecule has 7 heteroatoms. The van der Waals surface area contributed by atoms with Gasteiger partial charge in [0.2, 0.25) is 0 Å². The first-order valence-electron chi connectivity index (χ1n) is 5.47. The summed E-state index contributed by atoms with van der Waals surface area (Å²) in [5.74, 6) is -1.42. The molecule has 19 heavy (non-hydrogen) atoms. The van der Waals surface area contributed by atoms with Crippen LogP contribution >= 0.6 is 0 Å². The van der Waals surface area contributed by atoms with E-state index in [1.54, 1.807) is 6.92 Å². The summed E-state index contributed by atoms with van der Waals surface area (Å²) in [6.45, 7) is 2.04. The molecule has 0 amide bonds. The van der Waals surface area contributed by atoms with Gasteiger partial charge in [0.25, 0.3) is 0 Å². The third kappa shape index (κ3) is 4.13. The lowest BCUT2D eigenvalue weighted by Gasteiger charge is -2.15. The molecule has 106 valence electrons. The van der Waals surface area contributed by atoms with Gasteiger partial charge >= 0.3 is 12.1 Å². The molecule has 0 aliphatic carbocycles. The number of alkyl halides is 3. The van der Waals surface area contributed by atoms with Gasteiger partial charge in [0.15, 0.2) is 0 Å². The van der Waals surface area contributed by atoms with E-state index in [1.807, 2.05) is 0 Å². The number of aromatic carboxylic acids is 1. The Bertz CT molecular complexity index is 460. The predicted molar refractivity (Wildman–Crippen MR) is 63.4 cm³/mol. The van der Waals surface area contributed by atoms with Gasteiger partial charge in [0.05, 0.1) is 17.2 Å². The van der Waals surface area contributed by atoms with Gasteiger partial charge in [-0.15, -0.1) is 0 Å². The lowest BCUT2D eigenvalue weighted by Crippen LogP contribution is -2.20. The van der Waals surface area contributed by atoms with Crippen molar-refractivity contribution in [2.24, 2.45) is 0 Å². The minimum Gasteiger partial charge on any atom is -0.478 e. The van der Waals surface area contributed by atoms with Gasteiger partial charge in [-0.25, -0.2) is 4.79 Å². The van der Waals surface area contributed by atoms with Gasteiger partial charge < -0.3 is 15.2 Å². The molecule has 0 aromatic heterocycles. The van der Waals surface area contributed by atoms with E-state index in [2.05, 4.69) is 5.32 Å². The molecular formula is C12H14F3NO3. The summed E-state index contributed by atoms with van der Waals surface area (Å²) < 4.78 is 42.5. The molecule has 1 unspecified atom stereocenters. The van der Waals surface area contributed by atoms with E-state index >= 15 is 0 Å². The zero-order valence-corrected chi connectivity index (χ0v) is 10.4. The summed E-state index contributed by atoms with van der Waals surface area (Å²) in [7, 11) is 1.48. The maximum absolute atomic E-state index is 12.5. The molecule has 4 nitrogen and oxygen atoms in total. The smallest absolute Gasteiger partial charge is 0.416 e. The number of anilines is 1. The zero-order chi connectivity index (χ0) is 14.6. The Morgan fingerprint density at radius 1 is 1.47 bits per heavy atom. The average Bonchev–Trinajstić information content (AvgIpc) is 2.34. The number of ether oxygens (including phenoxy) is 1. The predicted octanol–water partition coefficient (Wildman–Crippen LogP) is 2.85. The number of hydrogen-bond donors (Lipinski definition) is 2. The highest BCUT2D eigenvalue weighted by Gasteiger charge is 2.31. The molecule has 0 saturated heterocycles. The Balaban J connectivity index is 3.02. The number of carboxylic acid groups (broad SMARTS) is 1. The fourth-order valence-corrected chi connectivity index (χ4v) is 1.39. The van der Waals surface area contributed by atoms with Gasteiger partial charge in [-0.1, -0.05) is 0 Å². The molecule has 2 N–H and O–H groups in total. The molecule has 1 atom stereocenters. The minimum atomic E-state index is -4.57. The normalized spacial score (nSPS) is 13.1. The highest BCUT2D eigenvalue weighted by atomic mass is 19.4. The summed E-state index contributed by atoms with van der Waals surface area (Å²) >= 11 is 0. The van der Waals surface area contributed by atoms with Crippen LogP contribution in [-0.2, 0) is 10.9 Å². The number of methoxy groups -OCH3 is 1. The molecule has 1 aromatic carbocycles. The number of carboxylic acids is 1. The van der Waals surface area contributed by atoms with Crippen molar-refractivity contribution in [3.8, 4) is 0 Å². The second-order valence-electron chi connectivity index (χ2n) is 3.99. The van der Waals surface area contributed by atoms with Crippen LogP contribution in [0.25, 0.3) is 0 Å². The van der Waals surface area contributed by atoms with Crippen molar-refractivity contribution < 1.29 is 27.8 Å². The first kappa shape index (κ1) is 15.3. The quantitative estimate of drug-likeness (QED) is 0.869. The number of benzene rings is 1. The van der Waals surface area contributed by atoms with Crippen LogP contribution in [0.1, 0.15) is 22.8 Å². The van der Waals surface area contributed by atoms with Crippen molar-refractivity contribution in [1.82, 2.24) is 0 Å². The van der Waals surface area contributed by atoms with Gasteiger partial charge in [-0.2, -0.15) is 13.2 Å². The molecule has 0 spiro atoms. The van der Waals surface area contributed by atoms with E-state index < -0.39 is 23.3 Å². The van der Waals surface area contributed by atoms with Gasteiger partial charge in [0.1, 0.15) is 0 Å². The number of halogens is 3. The first-order chi connectivity index (χ1) is 8.75. The topological polar surface area (TPSA) is 58.6 Å². The second-order valence-corrected chi connectivity index (χ2v) is 3.99. The molecule has 0 aliphatic rings. The lowest BCUT2D eigenvalue weighted by atomic mass is 10.1. The summed E-state index contributed by atoms with van der Waals surface area (Å²) in [6.07, 6.45) is -4.76. The van der Waals surface area contributed by atoms with Crippen LogP contribution in [0.3, 0.4) is 0 Å². The molecule has 0 bridgehead atoms. The molecule has 0 radical (unpaired) electrons. The Morgan fingerprint density at radius 3 is 2.58 bits per heavy atom. The number of carbonyl (C=O) groups is 1. The summed E-state index contributed by atoms with van der Waals surface area (Å²) in [6, 6.07) is 2.56. The van der Waals surface area contributed by atoms with Crippen molar-refractivity contribution in [2.75, 3.05) is 19.0 Å². The summed E-state index contributed by atoms with van der Waals surface area (Å²) in [5.41, 5.74) is -1.28. The van der Waals surface area contributed by atoms with E-state index in [9.17, 15) is 18.0 Å². The largest absolute Gasteiger partial charge is 0.478 e. The average molecular weight is 277 g/mol. The summed E-state index contributed by atoms with van der Waals surface area (Å²) in [4.78, 5) is 11.0. The highest BCUT2D eigenvalue weighted by Crippen LogP contribution is 2.31. The van der Waals surface area contributed by atoms with Crippen LogP contribution in [0.15, 0.2) is 18.2 Å². The van der Waals surface area contributed by atoms with Crippen molar-refractivity contribution >= 4 is 11.7 Å². The number of rotatable bonds is 5. The number of hydrogen-bond acceptors (Lipinski definition) is 3. The van der Waals surface area contributed by atoms with Crippen LogP contribution < -0.4 is 5.32 Å². The molecule has 0 fully saturated rings. The fourth-order valence-electron chi connectivity index (χ4n) is 1.39. The fraction of sp³-hybridized carbons (Fsp3) is 0.417. The van der Waals surface area contributed by atoms with E-state index in [4.69, 9.17) is 9.84 Å². The van der Waals surface area contributed by atoms with Gasteiger partial charge in [0, 0.05) is 19.3 Å². The van der Waals surface area contributed by atoms with E-state index in [-0.39, 0.29) is 11.8 Å². The van der Waals surface area contributed by atoms with Crippen molar-refractivity contribution in [2.45, 2.75) is 19.2 Å². The molecule has 1 aromatic rings. The Morgan fingerprint density at radius 2 is 2.11 bits per heavy atom. The highest BCUT2D eigenvalue weighted by molar-refractivity contribution is 5.94. The molecule has 0 aliphatic heterocycles. The van der Waals surface area contributed by atoms with Gasteiger partial charge in [-0.3, -0.25) is 0 Å². The minimum absolute atomic E-state index is 0.129. The number of nitrogens with one attached hydrogen (secondary N) is 1. The monoisotopic (exact) mass is 277 g/mol. The van der Waals surface area contributed by atoms with Gasteiger partial charge in [-0.05, 0) is 25.1 Å². The SMILES string of the molecule is COC(C)CNc1ccc(C(F)(F)F)cc1C(=O)O. The van der Waals surface area contributed by atoms with Crippen LogP contribution in [0, 0.1) is 0 Å². The Labute approximate surface area is 108 Å². The first-order valence-corrected chi connectivity index (χ1v) is 5.47. The molecular weight excluding hydrogens is 263 g/mol. The van der Waals surface area contributed by atoms with Crippen molar-refractivity contribution in [3.63, 3.8) is 0 Å². The maximum Gasteiger partial charge on any atom is 0.416 e.